The van der Waals surface area contributed by atoms with Crippen LogP contribution in [0.2, 0.25) is 0 Å². The van der Waals surface area contributed by atoms with E-state index in [-0.39, 0.29) is 24.5 Å². The maximum absolute atomic E-state index is 11.9. The maximum Gasteiger partial charge on any atom is 0.220 e. The summed E-state index contributed by atoms with van der Waals surface area (Å²) in [5, 5.41) is 12.3. The Bertz CT molecular complexity index is 501. The predicted octanol–water partition coefficient (Wildman–Crippen LogP) is 2.74. The monoisotopic (exact) mass is 305 g/mol. The Kier molecular flexibility index (Phi) is 6.25. The summed E-state index contributed by atoms with van der Waals surface area (Å²) >= 11 is 0. The van der Waals surface area contributed by atoms with Crippen LogP contribution >= 0.6 is 0 Å². The standard InChI is InChI=1S/C18H27NO3/c1-13-8-9-16(11-14(13)2)22-10-4-7-18(21)19-17-6-3-5-15(17)12-20/h8-9,11,15,17,20H,3-7,10,12H2,1-2H3,(H,19,21)/t15-,17+/m1/s1. The van der Waals surface area contributed by atoms with Crippen molar-refractivity contribution in [2.45, 2.75) is 52.0 Å². The molecule has 0 unspecified atom stereocenters. The average molecular weight is 305 g/mol. The number of aliphatic hydroxyl groups is 1. The first kappa shape index (κ1) is 16.8. The van der Waals surface area contributed by atoms with Gasteiger partial charge in [0.05, 0.1) is 6.61 Å². The quantitative estimate of drug-likeness (QED) is 0.762. The van der Waals surface area contributed by atoms with E-state index >= 15 is 0 Å². The van der Waals surface area contributed by atoms with Gasteiger partial charge in [0.15, 0.2) is 0 Å². The van der Waals surface area contributed by atoms with Gasteiger partial charge >= 0.3 is 0 Å². The SMILES string of the molecule is Cc1ccc(OCCCC(=O)N[C@H]2CCC[C@@H]2CO)cc1C. The summed E-state index contributed by atoms with van der Waals surface area (Å²) in [6.07, 6.45) is 4.26. The minimum Gasteiger partial charge on any atom is -0.494 e. The maximum atomic E-state index is 11.9. The molecule has 0 heterocycles. The van der Waals surface area contributed by atoms with Crippen LogP contribution in [0, 0.1) is 19.8 Å². The van der Waals surface area contributed by atoms with Crippen molar-refractivity contribution in [2.75, 3.05) is 13.2 Å². The van der Waals surface area contributed by atoms with Crippen molar-refractivity contribution in [3.63, 3.8) is 0 Å². The van der Waals surface area contributed by atoms with Crippen molar-refractivity contribution in [3.05, 3.63) is 29.3 Å². The minimum absolute atomic E-state index is 0.0639. The molecule has 0 aliphatic heterocycles. The molecule has 0 bridgehead atoms. The fourth-order valence-electron chi connectivity index (χ4n) is 2.95. The second-order valence-corrected chi connectivity index (χ2v) is 6.25. The highest BCUT2D eigenvalue weighted by Gasteiger charge is 2.27. The van der Waals surface area contributed by atoms with Gasteiger partial charge in [0.25, 0.3) is 0 Å². The summed E-state index contributed by atoms with van der Waals surface area (Å²) in [6, 6.07) is 6.19. The Balaban J connectivity index is 1.65. The highest BCUT2D eigenvalue weighted by molar-refractivity contribution is 5.76. The number of carbonyl (C=O) groups is 1. The molecule has 4 heteroatoms. The van der Waals surface area contributed by atoms with E-state index in [0.29, 0.717) is 19.4 Å². The molecule has 1 aromatic rings. The number of hydrogen-bond donors (Lipinski definition) is 2. The number of aliphatic hydroxyl groups excluding tert-OH is 1. The lowest BCUT2D eigenvalue weighted by molar-refractivity contribution is -0.122. The lowest BCUT2D eigenvalue weighted by Gasteiger charge is -2.19. The van der Waals surface area contributed by atoms with Crippen LogP contribution in [0.15, 0.2) is 18.2 Å². The largest absolute Gasteiger partial charge is 0.494 e. The van der Waals surface area contributed by atoms with E-state index in [4.69, 9.17) is 4.74 Å². The van der Waals surface area contributed by atoms with E-state index in [2.05, 4.69) is 19.2 Å². The van der Waals surface area contributed by atoms with E-state index in [1.54, 1.807) is 0 Å². The Morgan fingerprint density at radius 1 is 1.32 bits per heavy atom. The van der Waals surface area contributed by atoms with Gasteiger partial charge in [-0.3, -0.25) is 4.79 Å². The first-order valence-electron chi connectivity index (χ1n) is 8.20. The fourth-order valence-corrected chi connectivity index (χ4v) is 2.95. The van der Waals surface area contributed by atoms with Crippen LogP contribution in [0.3, 0.4) is 0 Å². The van der Waals surface area contributed by atoms with Gasteiger partial charge in [0.1, 0.15) is 5.75 Å². The van der Waals surface area contributed by atoms with E-state index in [1.165, 1.54) is 11.1 Å². The molecule has 0 saturated heterocycles. The summed E-state index contributed by atoms with van der Waals surface area (Å²) in [5.41, 5.74) is 2.47. The van der Waals surface area contributed by atoms with Crippen LogP contribution < -0.4 is 10.1 Å². The third kappa shape index (κ3) is 4.73. The fraction of sp³-hybridized carbons (Fsp3) is 0.611. The van der Waals surface area contributed by atoms with Crippen molar-refractivity contribution < 1.29 is 14.6 Å². The Morgan fingerprint density at radius 3 is 2.86 bits per heavy atom. The third-order valence-corrected chi connectivity index (χ3v) is 4.54. The number of carbonyl (C=O) groups excluding carboxylic acids is 1. The van der Waals surface area contributed by atoms with Crippen LogP contribution in [0.4, 0.5) is 0 Å². The van der Waals surface area contributed by atoms with Crippen LogP contribution in [0.25, 0.3) is 0 Å². The summed E-state index contributed by atoms with van der Waals surface area (Å²) in [7, 11) is 0. The smallest absolute Gasteiger partial charge is 0.220 e. The molecular weight excluding hydrogens is 278 g/mol. The summed E-state index contributed by atoms with van der Waals surface area (Å²) in [4.78, 5) is 11.9. The summed E-state index contributed by atoms with van der Waals surface area (Å²) in [6.45, 7) is 4.85. The van der Waals surface area contributed by atoms with Crippen molar-refractivity contribution in [1.29, 1.82) is 0 Å². The molecule has 1 fully saturated rings. The lowest BCUT2D eigenvalue weighted by Crippen LogP contribution is -2.38. The van der Waals surface area contributed by atoms with Crippen molar-refractivity contribution >= 4 is 5.91 Å². The first-order valence-corrected chi connectivity index (χ1v) is 8.20. The second kappa shape index (κ2) is 8.18. The van der Waals surface area contributed by atoms with Gasteiger partial charge in [-0.25, -0.2) is 0 Å². The van der Waals surface area contributed by atoms with E-state index < -0.39 is 0 Å². The van der Waals surface area contributed by atoms with Crippen molar-refractivity contribution in [3.8, 4) is 5.75 Å². The molecule has 22 heavy (non-hydrogen) atoms. The molecule has 1 aliphatic carbocycles. The number of hydrogen-bond acceptors (Lipinski definition) is 3. The molecule has 0 aromatic heterocycles. The summed E-state index contributed by atoms with van der Waals surface area (Å²) < 4.78 is 5.68. The second-order valence-electron chi connectivity index (χ2n) is 6.25. The van der Waals surface area contributed by atoms with Gasteiger partial charge in [-0.1, -0.05) is 12.5 Å². The highest BCUT2D eigenvalue weighted by atomic mass is 16.5. The van der Waals surface area contributed by atoms with Gasteiger partial charge in [-0.15, -0.1) is 0 Å². The first-order chi connectivity index (χ1) is 10.6. The zero-order valence-corrected chi connectivity index (χ0v) is 13.6. The molecule has 4 nitrogen and oxygen atoms in total. The molecule has 0 spiro atoms. The minimum atomic E-state index is 0.0639. The Morgan fingerprint density at radius 2 is 2.14 bits per heavy atom. The van der Waals surface area contributed by atoms with E-state index in [9.17, 15) is 9.90 Å². The molecule has 1 aromatic carbocycles. The van der Waals surface area contributed by atoms with Gasteiger partial charge in [-0.2, -0.15) is 0 Å². The number of aryl methyl sites for hydroxylation is 2. The number of ether oxygens (including phenoxy) is 1. The Hall–Kier alpha value is -1.55. The molecule has 1 aliphatic rings. The normalized spacial score (nSPS) is 20.9. The molecule has 1 saturated carbocycles. The van der Waals surface area contributed by atoms with Crippen LogP contribution in [-0.2, 0) is 4.79 Å². The number of rotatable bonds is 7. The van der Waals surface area contributed by atoms with E-state index in [0.717, 1.165) is 25.0 Å². The van der Waals surface area contributed by atoms with Crippen LogP contribution in [0.5, 0.6) is 5.75 Å². The topological polar surface area (TPSA) is 58.6 Å². The van der Waals surface area contributed by atoms with Gasteiger partial charge in [0.2, 0.25) is 5.91 Å². The zero-order chi connectivity index (χ0) is 15.9. The molecule has 2 rings (SSSR count). The molecular formula is C18H27NO3. The molecule has 2 N–H and O–H groups in total. The van der Waals surface area contributed by atoms with Crippen molar-refractivity contribution in [2.24, 2.45) is 5.92 Å². The molecule has 1 amide bonds. The average Bonchev–Trinajstić information content (AvgIpc) is 2.94. The van der Waals surface area contributed by atoms with Gasteiger partial charge < -0.3 is 15.2 Å². The number of nitrogens with one attached hydrogen (secondary N) is 1. The number of amides is 1. The summed E-state index contributed by atoms with van der Waals surface area (Å²) in [5.74, 6) is 1.16. The van der Waals surface area contributed by atoms with Gasteiger partial charge in [0, 0.05) is 25.0 Å². The number of benzene rings is 1. The predicted molar refractivity (Wildman–Crippen MR) is 87.0 cm³/mol. The molecule has 122 valence electrons. The van der Waals surface area contributed by atoms with Crippen molar-refractivity contribution in [1.82, 2.24) is 5.32 Å². The Labute approximate surface area is 132 Å². The van der Waals surface area contributed by atoms with Crippen LogP contribution in [0.1, 0.15) is 43.2 Å². The third-order valence-electron chi connectivity index (χ3n) is 4.54. The van der Waals surface area contributed by atoms with Crippen LogP contribution in [-0.4, -0.2) is 30.3 Å². The zero-order valence-electron chi connectivity index (χ0n) is 13.6. The lowest BCUT2D eigenvalue weighted by atomic mass is 10.0. The molecule has 2 atom stereocenters. The van der Waals surface area contributed by atoms with E-state index in [1.807, 2.05) is 18.2 Å². The van der Waals surface area contributed by atoms with Gasteiger partial charge in [-0.05, 0) is 56.4 Å². The molecule has 0 radical (unpaired) electrons. The highest BCUT2D eigenvalue weighted by Crippen LogP contribution is 2.25.